The number of fused-ring (bicyclic) bond motifs is 1. The molecule has 0 spiro atoms. The Labute approximate surface area is 206 Å². The van der Waals surface area contributed by atoms with Crippen molar-refractivity contribution in [1.82, 2.24) is 15.2 Å². The number of nitrogens with one attached hydrogen (secondary N) is 1. The van der Waals surface area contributed by atoms with Gasteiger partial charge in [0.2, 0.25) is 11.1 Å². The number of hydrogen-bond donors (Lipinski definition) is 1. The van der Waals surface area contributed by atoms with Gasteiger partial charge in [-0.1, -0.05) is 72.4 Å². The van der Waals surface area contributed by atoms with E-state index in [1.807, 2.05) is 60.7 Å². The van der Waals surface area contributed by atoms with E-state index in [2.05, 4.69) is 21.6 Å². The molecule has 2 heterocycles. The number of thioether (sulfide) groups is 1. The molecule has 4 aromatic rings. The van der Waals surface area contributed by atoms with Gasteiger partial charge in [-0.25, -0.2) is 4.98 Å². The summed E-state index contributed by atoms with van der Waals surface area (Å²) in [7, 11) is 0. The minimum atomic E-state index is -0.183. The van der Waals surface area contributed by atoms with Gasteiger partial charge in [-0.15, -0.1) is 21.5 Å². The van der Waals surface area contributed by atoms with Crippen molar-refractivity contribution in [2.45, 2.75) is 30.8 Å². The van der Waals surface area contributed by atoms with Crippen LogP contribution in [-0.2, 0) is 17.6 Å². The third kappa shape index (κ3) is 4.72. The molecule has 0 radical (unpaired) electrons. The molecule has 1 aliphatic rings. The molecule has 0 saturated carbocycles. The predicted molar refractivity (Wildman–Crippen MR) is 136 cm³/mol. The smallest absolute Gasteiger partial charge is 0.235 e. The quantitative estimate of drug-likeness (QED) is 0.351. The highest BCUT2D eigenvalue weighted by atomic mass is 32.2. The van der Waals surface area contributed by atoms with E-state index < -0.39 is 0 Å². The molecule has 1 N–H and O–H groups in total. The molecule has 0 atom stereocenters. The molecule has 0 aliphatic heterocycles. The molecule has 1 amide bonds. The fraction of sp³-hybridized carbons (Fsp3) is 0.192. The Bertz CT molecular complexity index is 1360. The van der Waals surface area contributed by atoms with Gasteiger partial charge in [0.05, 0.1) is 11.3 Å². The summed E-state index contributed by atoms with van der Waals surface area (Å²) in [5.74, 6) is -0.0503. The summed E-state index contributed by atoms with van der Waals surface area (Å²) in [6, 6.07) is 22.0. The molecule has 0 unspecified atom stereocenters. The lowest BCUT2D eigenvalue weighted by atomic mass is 9.96. The summed E-state index contributed by atoms with van der Waals surface area (Å²) in [4.78, 5) is 18.7. The maximum atomic E-state index is 12.7. The second-order valence-electron chi connectivity index (χ2n) is 7.89. The van der Waals surface area contributed by atoms with Crippen LogP contribution in [0.5, 0.6) is 0 Å². The van der Waals surface area contributed by atoms with E-state index in [9.17, 15) is 10.1 Å². The number of aryl methyl sites for hydroxylation is 1. The van der Waals surface area contributed by atoms with E-state index in [1.54, 1.807) is 0 Å². The van der Waals surface area contributed by atoms with Crippen molar-refractivity contribution in [3.63, 3.8) is 0 Å². The van der Waals surface area contributed by atoms with Crippen molar-refractivity contribution in [1.29, 1.82) is 5.26 Å². The second kappa shape index (κ2) is 10.2. The molecular weight excluding hydrogens is 462 g/mol. The fourth-order valence-corrected chi connectivity index (χ4v) is 5.87. The number of amides is 1. The largest absolute Gasteiger partial charge is 0.316 e. The average molecular weight is 484 g/mol. The van der Waals surface area contributed by atoms with Crippen molar-refractivity contribution in [2.75, 3.05) is 11.1 Å². The number of benzene rings is 2. The first-order valence-electron chi connectivity index (χ1n) is 11.1. The molecule has 8 heteroatoms. The number of nitriles is 1. The summed E-state index contributed by atoms with van der Waals surface area (Å²) in [6.07, 6.45) is 4.12. The van der Waals surface area contributed by atoms with Crippen molar-refractivity contribution in [3.05, 3.63) is 76.7 Å². The molecule has 1 aliphatic carbocycles. The van der Waals surface area contributed by atoms with E-state index in [-0.39, 0.29) is 11.7 Å². The van der Waals surface area contributed by atoms with Gasteiger partial charge in [-0.3, -0.25) is 4.79 Å². The summed E-state index contributed by atoms with van der Waals surface area (Å²) < 4.78 is 0. The summed E-state index contributed by atoms with van der Waals surface area (Å²) in [5, 5.41) is 22.4. The van der Waals surface area contributed by atoms with Crippen molar-refractivity contribution in [3.8, 4) is 28.6 Å². The summed E-state index contributed by atoms with van der Waals surface area (Å²) in [5.41, 5.74) is 5.02. The zero-order chi connectivity index (χ0) is 23.3. The van der Waals surface area contributed by atoms with Crippen LogP contribution in [0.25, 0.3) is 22.5 Å². The normalized spacial score (nSPS) is 12.6. The van der Waals surface area contributed by atoms with Crippen LogP contribution < -0.4 is 5.32 Å². The SMILES string of the molecule is N#Cc1c(NC(=O)CSc2nnc(-c3ccccc3)c(-c3ccccc3)n2)sc2c1CCCC2. The Hall–Kier alpha value is -3.54. The number of thiophene rings is 1. The monoisotopic (exact) mass is 483 g/mol. The van der Waals surface area contributed by atoms with Gasteiger partial charge >= 0.3 is 0 Å². The van der Waals surface area contributed by atoms with E-state index in [0.29, 0.717) is 21.4 Å². The van der Waals surface area contributed by atoms with Crippen molar-refractivity contribution >= 4 is 34.0 Å². The summed E-state index contributed by atoms with van der Waals surface area (Å²) >= 11 is 2.76. The van der Waals surface area contributed by atoms with Crippen LogP contribution in [0.4, 0.5) is 5.00 Å². The minimum Gasteiger partial charge on any atom is -0.316 e. The third-order valence-electron chi connectivity index (χ3n) is 5.63. The van der Waals surface area contributed by atoms with Crippen LogP contribution in [-0.4, -0.2) is 26.8 Å². The first-order valence-corrected chi connectivity index (χ1v) is 12.9. The molecule has 6 nitrogen and oxygen atoms in total. The molecule has 0 saturated heterocycles. The van der Waals surface area contributed by atoms with Gasteiger partial charge in [0, 0.05) is 16.0 Å². The number of hydrogen-bond acceptors (Lipinski definition) is 7. The van der Waals surface area contributed by atoms with Crippen LogP contribution in [0.15, 0.2) is 65.8 Å². The topological polar surface area (TPSA) is 91.6 Å². The predicted octanol–water partition coefficient (Wildman–Crippen LogP) is 5.75. The van der Waals surface area contributed by atoms with Crippen LogP contribution in [0.1, 0.15) is 28.8 Å². The van der Waals surface area contributed by atoms with Gasteiger partial charge < -0.3 is 5.32 Å². The van der Waals surface area contributed by atoms with Gasteiger partial charge in [0.25, 0.3) is 0 Å². The Kier molecular flexibility index (Phi) is 6.65. The average Bonchev–Trinajstić information content (AvgIpc) is 3.25. The maximum Gasteiger partial charge on any atom is 0.235 e. The first-order chi connectivity index (χ1) is 16.7. The van der Waals surface area contributed by atoms with Gasteiger partial charge in [-0.2, -0.15) is 5.26 Å². The molecule has 2 aromatic carbocycles. The lowest BCUT2D eigenvalue weighted by molar-refractivity contribution is -0.113. The third-order valence-corrected chi connectivity index (χ3v) is 7.68. The Morgan fingerprint density at radius 2 is 1.65 bits per heavy atom. The Morgan fingerprint density at radius 1 is 0.971 bits per heavy atom. The van der Waals surface area contributed by atoms with E-state index >= 15 is 0 Å². The molecule has 34 heavy (non-hydrogen) atoms. The van der Waals surface area contributed by atoms with E-state index in [4.69, 9.17) is 4.98 Å². The molecule has 0 bridgehead atoms. The fourth-order valence-electron chi connectivity index (χ4n) is 4.03. The minimum absolute atomic E-state index is 0.133. The lowest BCUT2D eigenvalue weighted by Gasteiger charge is -2.09. The second-order valence-corrected chi connectivity index (χ2v) is 9.93. The Balaban J connectivity index is 1.35. The summed E-state index contributed by atoms with van der Waals surface area (Å²) in [6.45, 7) is 0. The highest BCUT2D eigenvalue weighted by Crippen LogP contribution is 2.37. The number of nitrogens with zero attached hydrogens (tertiary/aromatic N) is 4. The van der Waals surface area contributed by atoms with Crippen molar-refractivity contribution in [2.24, 2.45) is 0 Å². The highest BCUT2D eigenvalue weighted by molar-refractivity contribution is 7.99. The first kappa shape index (κ1) is 22.3. The highest BCUT2D eigenvalue weighted by Gasteiger charge is 2.22. The number of aromatic nitrogens is 3. The Morgan fingerprint density at radius 3 is 2.35 bits per heavy atom. The van der Waals surface area contributed by atoms with Crippen LogP contribution >= 0.6 is 23.1 Å². The van der Waals surface area contributed by atoms with Gasteiger partial charge in [-0.05, 0) is 31.2 Å². The zero-order valence-corrected chi connectivity index (χ0v) is 20.0. The lowest BCUT2D eigenvalue weighted by Crippen LogP contribution is -2.14. The zero-order valence-electron chi connectivity index (χ0n) is 18.3. The molecule has 0 fully saturated rings. The molecule has 2 aromatic heterocycles. The molecule has 5 rings (SSSR count). The maximum absolute atomic E-state index is 12.7. The van der Waals surface area contributed by atoms with Crippen molar-refractivity contribution < 1.29 is 4.79 Å². The van der Waals surface area contributed by atoms with E-state index in [0.717, 1.165) is 48.1 Å². The van der Waals surface area contributed by atoms with Gasteiger partial charge in [0.15, 0.2) is 0 Å². The molecular formula is C26H21N5OS2. The number of anilines is 1. The van der Waals surface area contributed by atoms with Crippen LogP contribution in [0, 0.1) is 11.3 Å². The van der Waals surface area contributed by atoms with Crippen LogP contribution in [0.3, 0.4) is 0 Å². The van der Waals surface area contributed by atoms with Crippen LogP contribution in [0.2, 0.25) is 0 Å². The van der Waals surface area contributed by atoms with E-state index in [1.165, 1.54) is 28.0 Å². The standard InChI is InChI=1S/C26H21N5OS2/c27-15-20-19-13-7-8-14-21(19)34-25(20)28-22(32)16-33-26-29-23(17-9-3-1-4-10-17)24(30-31-26)18-11-5-2-6-12-18/h1-6,9-12H,7-8,13-14,16H2,(H,28,32). The number of carbonyl (C=O) groups excluding carboxylic acids is 1. The van der Waals surface area contributed by atoms with Gasteiger partial charge in [0.1, 0.15) is 22.5 Å². The number of rotatable bonds is 6. The molecule has 168 valence electrons. The number of carbonyl (C=O) groups is 1.